The normalized spacial score (nSPS) is 17.5. The van der Waals surface area contributed by atoms with Gasteiger partial charge in [0.2, 0.25) is 0 Å². The van der Waals surface area contributed by atoms with Gasteiger partial charge in [0.25, 0.3) is 0 Å². The van der Waals surface area contributed by atoms with E-state index in [1.807, 2.05) is 60.7 Å². The summed E-state index contributed by atoms with van der Waals surface area (Å²) in [4.78, 5) is 0. The smallest absolute Gasteiger partial charge is 0.171 e. The van der Waals surface area contributed by atoms with E-state index < -0.39 is 7.14 Å². The lowest BCUT2D eigenvalue weighted by Crippen LogP contribution is -2.34. The van der Waals surface area contributed by atoms with Crippen molar-refractivity contribution in [1.29, 1.82) is 0 Å². The van der Waals surface area contributed by atoms with Crippen LogP contribution in [0.1, 0.15) is 40.7 Å². The van der Waals surface area contributed by atoms with Gasteiger partial charge in [0, 0.05) is 27.2 Å². The fourth-order valence-electron chi connectivity index (χ4n) is 9.35. The van der Waals surface area contributed by atoms with Gasteiger partial charge in [-0.2, -0.15) is 0 Å². The van der Waals surface area contributed by atoms with Gasteiger partial charge >= 0.3 is 0 Å². The van der Waals surface area contributed by atoms with Crippen LogP contribution < -0.4 is 15.9 Å². The van der Waals surface area contributed by atoms with E-state index in [0.29, 0.717) is 0 Å². The van der Waals surface area contributed by atoms with Gasteiger partial charge in [-0.3, -0.25) is 0 Å². The second-order valence-electron chi connectivity index (χ2n) is 14.9. The molecule has 55 heavy (non-hydrogen) atoms. The van der Waals surface area contributed by atoms with Gasteiger partial charge in [0.15, 0.2) is 7.14 Å². The summed E-state index contributed by atoms with van der Waals surface area (Å²) >= 11 is 0. The second kappa shape index (κ2) is 13.2. The molecule has 0 amide bonds. The zero-order valence-electron chi connectivity index (χ0n) is 30.6. The van der Waals surface area contributed by atoms with Crippen molar-refractivity contribution in [1.82, 2.24) is 0 Å². The SMILES string of the molecule is CC1(c2ccccc2)C(c2ccc(-c3ccc(P(=O)(c4ccccc4)c4ccccc4)cc3)cc2)=CC(c2ccccc2)=C2c3cccc4cccc(c34)C21. The van der Waals surface area contributed by atoms with Crippen LogP contribution in [-0.4, -0.2) is 0 Å². The van der Waals surface area contributed by atoms with Crippen molar-refractivity contribution in [3.8, 4) is 11.1 Å². The summed E-state index contributed by atoms with van der Waals surface area (Å²) in [6.45, 7) is 2.45. The van der Waals surface area contributed by atoms with Crippen LogP contribution in [0.5, 0.6) is 0 Å². The fraction of sp³-hybridized carbons (Fsp3) is 0.0566. The minimum atomic E-state index is -3.05. The minimum absolute atomic E-state index is 0.128. The molecule has 0 heterocycles. The van der Waals surface area contributed by atoms with E-state index in [-0.39, 0.29) is 11.3 Å². The zero-order valence-corrected chi connectivity index (χ0v) is 31.5. The second-order valence-corrected chi connectivity index (χ2v) is 17.7. The molecule has 0 bridgehead atoms. The van der Waals surface area contributed by atoms with Crippen LogP contribution in [0.2, 0.25) is 0 Å². The first kappa shape index (κ1) is 33.3. The molecule has 0 saturated carbocycles. The predicted molar refractivity (Wildman–Crippen MR) is 233 cm³/mol. The molecule has 2 unspecified atom stereocenters. The van der Waals surface area contributed by atoms with E-state index >= 15 is 0 Å². The average Bonchev–Trinajstić information content (AvgIpc) is 3.61. The Morgan fingerprint density at radius 3 is 1.55 bits per heavy atom. The van der Waals surface area contributed by atoms with Crippen LogP contribution in [0.25, 0.3) is 38.6 Å². The number of benzene rings is 8. The summed E-state index contributed by atoms with van der Waals surface area (Å²) in [5, 5.41) is 5.18. The van der Waals surface area contributed by atoms with Gasteiger partial charge in [-0.05, 0) is 72.5 Å². The maximum atomic E-state index is 15.0. The van der Waals surface area contributed by atoms with E-state index in [0.717, 1.165) is 27.0 Å². The van der Waals surface area contributed by atoms with Crippen molar-refractivity contribution in [3.63, 3.8) is 0 Å². The van der Waals surface area contributed by atoms with Crippen molar-refractivity contribution in [2.75, 3.05) is 0 Å². The molecule has 8 aromatic carbocycles. The van der Waals surface area contributed by atoms with Crippen molar-refractivity contribution in [2.45, 2.75) is 18.3 Å². The van der Waals surface area contributed by atoms with Crippen LogP contribution in [0.15, 0.2) is 212 Å². The van der Waals surface area contributed by atoms with Gasteiger partial charge in [0.1, 0.15) is 0 Å². The molecule has 0 fully saturated rings. The molecular formula is C53H39OP. The summed E-state index contributed by atoms with van der Waals surface area (Å²) in [6, 6.07) is 72.8. The molecule has 1 nitrogen and oxygen atoms in total. The summed E-state index contributed by atoms with van der Waals surface area (Å²) < 4.78 is 15.0. The Morgan fingerprint density at radius 1 is 0.455 bits per heavy atom. The third kappa shape index (κ3) is 5.26. The van der Waals surface area contributed by atoms with Gasteiger partial charge in [-0.15, -0.1) is 0 Å². The molecular weight excluding hydrogens is 684 g/mol. The van der Waals surface area contributed by atoms with Crippen molar-refractivity contribution in [3.05, 3.63) is 240 Å². The van der Waals surface area contributed by atoms with E-state index in [4.69, 9.17) is 0 Å². The largest absolute Gasteiger partial charge is 0.309 e. The molecule has 262 valence electrons. The number of hydrogen-bond donors (Lipinski definition) is 0. The van der Waals surface area contributed by atoms with E-state index in [1.165, 1.54) is 55.3 Å². The van der Waals surface area contributed by atoms with Crippen LogP contribution in [0, 0.1) is 0 Å². The van der Waals surface area contributed by atoms with Crippen LogP contribution in [0.4, 0.5) is 0 Å². The lowest BCUT2D eigenvalue weighted by Gasteiger charge is -2.44. The molecule has 10 rings (SSSR count). The summed E-state index contributed by atoms with van der Waals surface area (Å²) in [6.07, 6.45) is 2.48. The highest BCUT2D eigenvalue weighted by molar-refractivity contribution is 7.85. The standard InChI is InChI=1S/C53H39OP/c1-53(42-20-8-3-9-21-42)49(36-48(39-16-6-2-7-17-39)51-46-26-14-18-41-19-15-27-47(50(41)46)52(51)53)40-30-28-37(29-31-40)38-32-34-45(35-33-38)55(54,43-22-10-4-11-23-43)44-24-12-5-13-25-44/h2-36,52H,1H3. The lowest BCUT2D eigenvalue weighted by atomic mass is 9.58. The molecule has 2 aliphatic rings. The average molecular weight is 723 g/mol. The highest BCUT2D eigenvalue weighted by atomic mass is 31.2. The van der Waals surface area contributed by atoms with Gasteiger partial charge in [-0.25, -0.2) is 0 Å². The molecule has 0 aromatic heterocycles. The Bertz CT molecular complexity index is 2750. The van der Waals surface area contributed by atoms with Gasteiger partial charge < -0.3 is 4.57 Å². The summed E-state index contributed by atoms with van der Waals surface area (Å²) in [5.74, 6) is 0.128. The maximum Gasteiger partial charge on any atom is 0.171 e. The first-order valence-electron chi connectivity index (χ1n) is 19.1. The molecule has 0 radical (unpaired) electrons. The zero-order chi connectivity index (χ0) is 37.0. The molecule has 2 heteroatoms. The third-order valence-electron chi connectivity index (χ3n) is 12.0. The first-order chi connectivity index (χ1) is 27.0. The van der Waals surface area contributed by atoms with Crippen LogP contribution in [0.3, 0.4) is 0 Å². The Kier molecular flexibility index (Phi) is 8.02. The molecule has 0 spiro atoms. The van der Waals surface area contributed by atoms with Gasteiger partial charge in [0.05, 0.1) is 0 Å². The first-order valence-corrected chi connectivity index (χ1v) is 20.8. The Hall–Kier alpha value is -6.27. The Balaban J connectivity index is 1.10. The quantitative estimate of drug-likeness (QED) is 0.150. The van der Waals surface area contributed by atoms with Gasteiger partial charge in [-0.1, -0.05) is 213 Å². The van der Waals surface area contributed by atoms with Crippen LogP contribution >= 0.6 is 7.14 Å². The topological polar surface area (TPSA) is 17.1 Å². The lowest BCUT2D eigenvalue weighted by molar-refractivity contribution is 0.563. The number of allylic oxidation sites excluding steroid dienone is 4. The third-order valence-corrected chi connectivity index (χ3v) is 15.1. The highest BCUT2D eigenvalue weighted by Gasteiger charge is 2.49. The van der Waals surface area contributed by atoms with Crippen molar-refractivity contribution < 1.29 is 4.57 Å². The van der Waals surface area contributed by atoms with E-state index in [1.54, 1.807) is 0 Å². The number of hydrogen-bond acceptors (Lipinski definition) is 1. The Morgan fingerprint density at radius 2 is 0.945 bits per heavy atom. The molecule has 2 atom stereocenters. The monoisotopic (exact) mass is 722 g/mol. The van der Waals surface area contributed by atoms with Crippen molar-refractivity contribution >= 4 is 50.5 Å². The fourth-order valence-corrected chi connectivity index (χ4v) is 12.0. The molecule has 0 N–H and O–H groups in total. The minimum Gasteiger partial charge on any atom is -0.309 e. The summed E-state index contributed by atoms with van der Waals surface area (Å²) in [7, 11) is -3.05. The number of fused-ring (bicyclic) bond motifs is 3. The molecule has 0 aliphatic heterocycles. The molecule has 8 aromatic rings. The van der Waals surface area contributed by atoms with E-state index in [2.05, 4.69) is 159 Å². The summed E-state index contributed by atoms with van der Waals surface area (Å²) in [5.41, 5.74) is 12.4. The van der Waals surface area contributed by atoms with Crippen molar-refractivity contribution in [2.24, 2.45) is 0 Å². The van der Waals surface area contributed by atoms with Crippen LogP contribution in [-0.2, 0) is 9.98 Å². The molecule has 0 saturated heterocycles. The van der Waals surface area contributed by atoms with E-state index in [9.17, 15) is 4.57 Å². The highest BCUT2D eigenvalue weighted by Crippen LogP contribution is 2.63. The Labute approximate surface area is 323 Å². The predicted octanol–water partition coefficient (Wildman–Crippen LogP) is 12.2. The maximum absolute atomic E-state index is 15.0. The molecule has 2 aliphatic carbocycles. The number of rotatable bonds is 7.